The van der Waals surface area contributed by atoms with Crippen molar-refractivity contribution in [2.24, 2.45) is 0 Å². The van der Waals surface area contributed by atoms with Crippen molar-refractivity contribution < 1.29 is 8.42 Å². The van der Waals surface area contributed by atoms with E-state index in [-0.39, 0.29) is 11.3 Å². The maximum absolute atomic E-state index is 12.1. The SMILES string of the molecule is CC(C)n1cc2c(n1)C(NS(=O)(=O)C1CC1)CCC2. The Morgan fingerprint density at radius 3 is 2.74 bits per heavy atom. The molecular formula is C13H21N3O2S. The summed E-state index contributed by atoms with van der Waals surface area (Å²) in [4.78, 5) is 0. The molecule has 0 bridgehead atoms. The van der Waals surface area contributed by atoms with Crippen LogP contribution in [0, 0.1) is 0 Å². The number of nitrogens with zero attached hydrogens (tertiary/aromatic N) is 2. The van der Waals surface area contributed by atoms with E-state index in [9.17, 15) is 8.42 Å². The highest BCUT2D eigenvalue weighted by molar-refractivity contribution is 7.90. The molecule has 0 spiro atoms. The van der Waals surface area contributed by atoms with Crippen molar-refractivity contribution in [3.63, 3.8) is 0 Å². The van der Waals surface area contributed by atoms with Gasteiger partial charge in [-0.3, -0.25) is 4.68 Å². The molecule has 1 saturated carbocycles. The van der Waals surface area contributed by atoms with E-state index in [1.54, 1.807) is 0 Å². The van der Waals surface area contributed by atoms with Crippen molar-refractivity contribution in [3.8, 4) is 0 Å². The van der Waals surface area contributed by atoms with Gasteiger partial charge in [-0.1, -0.05) is 0 Å². The Labute approximate surface area is 114 Å². The average molecular weight is 283 g/mol. The molecule has 1 N–H and O–H groups in total. The van der Waals surface area contributed by atoms with Gasteiger partial charge in [0.15, 0.2) is 0 Å². The van der Waals surface area contributed by atoms with Gasteiger partial charge in [-0.2, -0.15) is 5.10 Å². The van der Waals surface area contributed by atoms with Gasteiger partial charge in [-0.15, -0.1) is 0 Å². The normalized spacial score (nSPS) is 23.6. The Morgan fingerprint density at radius 1 is 1.37 bits per heavy atom. The minimum atomic E-state index is -3.14. The lowest BCUT2D eigenvalue weighted by Gasteiger charge is -2.22. The number of rotatable bonds is 4. The highest BCUT2D eigenvalue weighted by Crippen LogP contribution is 2.33. The standard InChI is InChI=1S/C13H21N3O2S/c1-9(2)16-8-10-4-3-5-12(13(10)14-16)15-19(17,18)11-6-7-11/h8-9,11-12,15H,3-7H2,1-2H3. The molecule has 19 heavy (non-hydrogen) atoms. The maximum atomic E-state index is 12.1. The van der Waals surface area contributed by atoms with Crippen LogP contribution in [0.1, 0.15) is 62.9 Å². The van der Waals surface area contributed by atoms with Gasteiger partial charge in [0, 0.05) is 12.2 Å². The summed E-state index contributed by atoms with van der Waals surface area (Å²) in [5, 5.41) is 4.42. The summed E-state index contributed by atoms with van der Waals surface area (Å²) < 4.78 is 28.9. The first-order valence-corrected chi connectivity index (χ1v) is 8.61. The van der Waals surface area contributed by atoms with Gasteiger partial charge >= 0.3 is 0 Å². The topological polar surface area (TPSA) is 64.0 Å². The fourth-order valence-corrected chi connectivity index (χ4v) is 4.19. The summed E-state index contributed by atoms with van der Waals surface area (Å²) in [5.74, 6) is 0. The van der Waals surface area contributed by atoms with E-state index >= 15 is 0 Å². The number of hydrogen-bond acceptors (Lipinski definition) is 3. The van der Waals surface area contributed by atoms with E-state index in [4.69, 9.17) is 0 Å². The quantitative estimate of drug-likeness (QED) is 0.918. The van der Waals surface area contributed by atoms with Gasteiger partial charge in [0.1, 0.15) is 0 Å². The number of fused-ring (bicyclic) bond motifs is 1. The second-order valence-corrected chi connectivity index (χ2v) is 7.91. The molecule has 1 heterocycles. The van der Waals surface area contributed by atoms with Gasteiger partial charge in [-0.05, 0) is 51.5 Å². The molecule has 0 aliphatic heterocycles. The van der Waals surface area contributed by atoms with Gasteiger partial charge in [0.05, 0.1) is 17.0 Å². The van der Waals surface area contributed by atoms with E-state index in [0.29, 0.717) is 6.04 Å². The van der Waals surface area contributed by atoms with Crippen molar-refractivity contribution in [3.05, 3.63) is 17.5 Å². The van der Waals surface area contributed by atoms with Crippen LogP contribution < -0.4 is 4.72 Å². The lowest BCUT2D eigenvalue weighted by Crippen LogP contribution is -2.33. The Hall–Kier alpha value is -0.880. The van der Waals surface area contributed by atoms with Crippen LogP contribution >= 0.6 is 0 Å². The summed E-state index contributed by atoms with van der Waals surface area (Å²) in [6.07, 6.45) is 6.55. The first kappa shape index (κ1) is 13.1. The summed E-state index contributed by atoms with van der Waals surface area (Å²) in [7, 11) is -3.14. The molecule has 5 nitrogen and oxygen atoms in total. The zero-order chi connectivity index (χ0) is 13.6. The van der Waals surface area contributed by atoms with Crippen LogP contribution in [-0.2, 0) is 16.4 Å². The average Bonchev–Trinajstić information content (AvgIpc) is 3.09. The largest absolute Gasteiger partial charge is 0.270 e. The van der Waals surface area contributed by atoms with Gasteiger partial charge in [-0.25, -0.2) is 13.1 Å². The fraction of sp³-hybridized carbons (Fsp3) is 0.769. The van der Waals surface area contributed by atoms with E-state index in [0.717, 1.165) is 37.8 Å². The first-order valence-electron chi connectivity index (χ1n) is 7.06. The molecule has 1 aromatic rings. The lowest BCUT2D eigenvalue weighted by molar-refractivity contribution is 0.480. The summed E-state index contributed by atoms with van der Waals surface area (Å²) in [6.45, 7) is 4.17. The van der Waals surface area contributed by atoms with Crippen LogP contribution in [0.5, 0.6) is 0 Å². The third-order valence-electron chi connectivity index (χ3n) is 3.91. The Bertz CT molecular complexity index is 573. The van der Waals surface area contributed by atoms with Gasteiger partial charge in [0.2, 0.25) is 10.0 Å². The monoisotopic (exact) mass is 283 g/mol. The predicted octanol–water partition coefficient (Wildman–Crippen LogP) is 1.92. The van der Waals surface area contributed by atoms with E-state index in [2.05, 4.69) is 29.9 Å². The Balaban J connectivity index is 1.85. The molecule has 0 saturated heterocycles. The molecule has 1 unspecified atom stereocenters. The van der Waals surface area contributed by atoms with Crippen LogP contribution in [0.3, 0.4) is 0 Å². The van der Waals surface area contributed by atoms with Crippen LogP contribution in [-0.4, -0.2) is 23.4 Å². The molecule has 2 aliphatic carbocycles. The Morgan fingerprint density at radius 2 is 2.11 bits per heavy atom. The smallest absolute Gasteiger partial charge is 0.215 e. The Kier molecular flexibility index (Phi) is 3.17. The molecule has 0 radical (unpaired) electrons. The minimum absolute atomic E-state index is 0.130. The number of nitrogens with one attached hydrogen (secondary N) is 1. The minimum Gasteiger partial charge on any atom is -0.270 e. The van der Waals surface area contributed by atoms with Crippen molar-refractivity contribution in [1.29, 1.82) is 0 Å². The number of sulfonamides is 1. The zero-order valence-electron chi connectivity index (χ0n) is 11.5. The second-order valence-electron chi connectivity index (χ2n) is 5.92. The van der Waals surface area contributed by atoms with Gasteiger partial charge < -0.3 is 0 Å². The highest BCUT2D eigenvalue weighted by atomic mass is 32.2. The fourth-order valence-electron chi connectivity index (χ4n) is 2.61. The summed E-state index contributed by atoms with van der Waals surface area (Å²) >= 11 is 0. The van der Waals surface area contributed by atoms with Crippen molar-refractivity contribution >= 4 is 10.0 Å². The molecule has 3 rings (SSSR count). The van der Waals surface area contributed by atoms with Crippen LogP contribution in [0.15, 0.2) is 6.20 Å². The predicted molar refractivity (Wildman–Crippen MR) is 73.4 cm³/mol. The van der Waals surface area contributed by atoms with Gasteiger partial charge in [0.25, 0.3) is 0 Å². The molecule has 2 aliphatic rings. The second kappa shape index (κ2) is 4.59. The van der Waals surface area contributed by atoms with Crippen LogP contribution in [0.2, 0.25) is 0 Å². The van der Waals surface area contributed by atoms with Crippen LogP contribution in [0.25, 0.3) is 0 Å². The molecular weight excluding hydrogens is 262 g/mol. The third-order valence-corrected chi connectivity index (χ3v) is 5.87. The lowest BCUT2D eigenvalue weighted by atomic mass is 9.94. The van der Waals surface area contributed by atoms with Crippen molar-refractivity contribution in [2.45, 2.75) is 63.3 Å². The highest BCUT2D eigenvalue weighted by Gasteiger charge is 2.38. The van der Waals surface area contributed by atoms with E-state index in [1.165, 1.54) is 5.56 Å². The molecule has 0 amide bonds. The molecule has 106 valence electrons. The molecule has 1 aromatic heterocycles. The molecule has 1 atom stereocenters. The zero-order valence-corrected chi connectivity index (χ0v) is 12.3. The third kappa shape index (κ3) is 2.56. The van der Waals surface area contributed by atoms with E-state index < -0.39 is 10.0 Å². The molecule has 1 fully saturated rings. The number of aryl methyl sites for hydroxylation is 1. The van der Waals surface area contributed by atoms with Crippen molar-refractivity contribution in [2.75, 3.05) is 0 Å². The summed E-state index contributed by atoms with van der Waals surface area (Å²) in [6, 6.07) is 0.181. The van der Waals surface area contributed by atoms with Crippen molar-refractivity contribution in [1.82, 2.24) is 14.5 Å². The first-order chi connectivity index (χ1) is 8.97. The summed E-state index contributed by atoms with van der Waals surface area (Å²) in [5.41, 5.74) is 2.13. The maximum Gasteiger partial charge on any atom is 0.215 e. The molecule has 6 heteroatoms. The van der Waals surface area contributed by atoms with E-state index in [1.807, 2.05) is 4.68 Å². The van der Waals surface area contributed by atoms with Crippen LogP contribution in [0.4, 0.5) is 0 Å². The number of aromatic nitrogens is 2. The molecule has 0 aromatic carbocycles. The number of hydrogen-bond donors (Lipinski definition) is 1.